The van der Waals surface area contributed by atoms with Gasteiger partial charge in [-0.15, -0.1) is 0 Å². The van der Waals surface area contributed by atoms with Crippen LogP contribution in [-0.4, -0.2) is 15.5 Å². The van der Waals surface area contributed by atoms with Crippen LogP contribution in [0.25, 0.3) is 33.4 Å². The Morgan fingerprint density at radius 1 is 1.00 bits per heavy atom. The summed E-state index contributed by atoms with van der Waals surface area (Å²) < 4.78 is 13.6. The van der Waals surface area contributed by atoms with E-state index in [0.29, 0.717) is 40.1 Å². The van der Waals surface area contributed by atoms with Crippen LogP contribution in [0.3, 0.4) is 0 Å². The fraction of sp³-hybridized carbons (Fsp3) is 0.233. The molecular formula is C30H28N2O4. The molecule has 182 valence electrons. The van der Waals surface area contributed by atoms with Gasteiger partial charge in [0, 0.05) is 13.1 Å². The van der Waals surface area contributed by atoms with Crippen molar-refractivity contribution >= 4 is 28.0 Å². The zero-order valence-corrected chi connectivity index (χ0v) is 20.5. The second-order valence-corrected chi connectivity index (χ2v) is 8.98. The number of ether oxygens (including phenoxy) is 1. The Balaban J connectivity index is 1.58. The zero-order valence-electron chi connectivity index (χ0n) is 20.5. The van der Waals surface area contributed by atoms with Gasteiger partial charge in [-0.05, 0) is 48.7 Å². The third-order valence-corrected chi connectivity index (χ3v) is 6.50. The van der Waals surface area contributed by atoms with Gasteiger partial charge in [0.05, 0.1) is 22.0 Å². The fourth-order valence-corrected chi connectivity index (χ4v) is 4.51. The summed E-state index contributed by atoms with van der Waals surface area (Å²) in [5, 5.41) is 0.449. The van der Waals surface area contributed by atoms with E-state index >= 15 is 0 Å². The van der Waals surface area contributed by atoms with Gasteiger partial charge in [-0.1, -0.05) is 56.5 Å². The first-order chi connectivity index (χ1) is 17.6. The number of carbonyl (C=O) groups is 1. The number of carbonyl (C=O) groups excluding carboxylic acids is 1. The van der Waals surface area contributed by atoms with Crippen LogP contribution in [0.4, 0.5) is 0 Å². The smallest absolute Gasteiger partial charge is 0.343 e. The van der Waals surface area contributed by atoms with Crippen molar-refractivity contribution in [3.8, 4) is 17.1 Å². The number of nitrogens with zero attached hydrogens (tertiary/aromatic N) is 2. The molecule has 0 aliphatic rings. The number of fused-ring (bicyclic) bond motifs is 2. The van der Waals surface area contributed by atoms with Crippen molar-refractivity contribution in [2.45, 2.75) is 39.0 Å². The Morgan fingerprint density at radius 2 is 1.78 bits per heavy atom. The second-order valence-electron chi connectivity index (χ2n) is 8.98. The van der Waals surface area contributed by atoms with Crippen molar-refractivity contribution < 1.29 is 13.9 Å². The molecule has 0 aliphatic carbocycles. The molecule has 6 nitrogen and oxygen atoms in total. The van der Waals surface area contributed by atoms with Gasteiger partial charge in [-0.3, -0.25) is 4.79 Å². The number of aryl methyl sites for hydroxylation is 2. The monoisotopic (exact) mass is 480 g/mol. The minimum absolute atomic E-state index is 0.162. The minimum Gasteiger partial charge on any atom is -0.463 e. The Bertz CT molecular complexity index is 1600. The predicted molar refractivity (Wildman–Crippen MR) is 141 cm³/mol. The molecule has 2 heterocycles. The van der Waals surface area contributed by atoms with Crippen molar-refractivity contribution in [3.05, 3.63) is 94.3 Å². The van der Waals surface area contributed by atoms with E-state index in [2.05, 4.69) is 11.9 Å². The summed E-state index contributed by atoms with van der Waals surface area (Å²) in [7, 11) is 1.89. The van der Waals surface area contributed by atoms with Crippen molar-refractivity contribution in [1.82, 2.24) is 9.55 Å². The highest BCUT2D eigenvalue weighted by atomic mass is 16.5. The van der Waals surface area contributed by atoms with E-state index in [1.165, 1.54) is 6.26 Å². The molecule has 0 atom stereocenters. The number of para-hydroxylation sites is 2. The highest BCUT2D eigenvalue weighted by Crippen LogP contribution is 2.30. The third-order valence-electron chi connectivity index (χ3n) is 6.50. The maximum atomic E-state index is 13.6. The summed E-state index contributed by atoms with van der Waals surface area (Å²) in [5.41, 5.74) is 3.64. The van der Waals surface area contributed by atoms with Crippen LogP contribution in [0.15, 0.2) is 82.2 Å². The minimum atomic E-state index is -0.441. The maximum Gasteiger partial charge on any atom is 0.343 e. The number of aromatic nitrogens is 2. The third kappa shape index (κ3) is 4.54. The van der Waals surface area contributed by atoms with Crippen LogP contribution >= 0.6 is 0 Å². The lowest BCUT2D eigenvalue weighted by molar-refractivity contribution is 0.0733. The summed E-state index contributed by atoms with van der Waals surface area (Å²) in [6.07, 6.45) is 6.39. The lowest BCUT2D eigenvalue weighted by Crippen LogP contribution is -2.12. The van der Waals surface area contributed by atoms with Crippen LogP contribution in [0.1, 0.15) is 48.5 Å². The molecule has 0 N–H and O–H groups in total. The summed E-state index contributed by atoms with van der Waals surface area (Å²) in [4.78, 5) is 31.1. The molecule has 0 radical (unpaired) electrons. The number of rotatable bonds is 8. The van der Waals surface area contributed by atoms with E-state index < -0.39 is 5.97 Å². The molecule has 36 heavy (non-hydrogen) atoms. The topological polar surface area (TPSA) is 74.3 Å². The van der Waals surface area contributed by atoms with E-state index in [4.69, 9.17) is 9.15 Å². The molecule has 0 amide bonds. The Hall–Kier alpha value is -4.19. The number of hydrogen-bond donors (Lipinski definition) is 0. The van der Waals surface area contributed by atoms with E-state index in [1.54, 1.807) is 30.3 Å². The van der Waals surface area contributed by atoms with Gasteiger partial charge in [-0.25, -0.2) is 9.78 Å². The molecule has 0 saturated carbocycles. The van der Waals surface area contributed by atoms with Gasteiger partial charge in [-0.2, -0.15) is 0 Å². The van der Waals surface area contributed by atoms with Crippen molar-refractivity contribution in [2.75, 3.05) is 0 Å². The normalized spacial score (nSPS) is 11.3. The van der Waals surface area contributed by atoms with Gasteiger partial charge >= 0.3 is 5.97 Å². The molecule has 5 rings (SSSR count). The molecular weight excluding hydrogens is 452 g/mol. The van der Waals surface area contributed by atoms with Gasteiger partial charge in [0.25, 0.3) is 0 Å². The largest absolute Gasteiger partial charge is 0.463 e. The van der Waals surface area contributed by atoms with Crippen molar-refractivity contribution in [2.24, 2.45) is 7.05 Å². The zero-order chi connectivity index (χ0) is 25.1. The van der Waals surface area contributed by atoms with Crippen LogP contribution in [0.5, 0.6) is 5.75 Å². The van der Waals surface area contributed by atoms with Gasteiger partial charge in [0.2, 0.25) is 5.43 Å². The standard InChI is InChI=1S/C30H28N2O4/c1-3-4-5-7-14-21-17-22-27(18-26(21)36-30(34)20-12-8-6-9-13-20)35-19-23(28(22)33)29-31-24-15-10-11-16-25(24)32(29)2/h6,8-13,15-19H,3-5,7,14H2,1-2H3. The lowest BCUT2D eigenvalue weighted by atomic mass is 10.0. The number of unbranched alkanes of at least 4 members (excludes halogenated alkanes) is 3. The highest BCUT2D eigenvalue weighted by molar-refractivity contribution is 5.92. The summed E-state index contributed by atoms with van der Waals surface area (Å²) in [6.45, 7) is 2.16. The predicted octanol–water partition coefficient (Wildman–Crippen LogP) is 6.69. The second kappa shape index (κ2) is 10.2. The van der Waals surface area contributed by atoms with Crippen LogP contribution in [0, 0.1) is 0 Å². The molecule has 0 spiro atoms. The summed E-state index contributed by atoms with van der Waals surface area (Å²) >= 11 is 0. The Labute approximate surface area is 209 Å². The van der Waals surface area contributed by atoms with Crippen LogP contribution < -0.4 is 10.2 Å². The molecule has 0 aliphatic heterocycles. The fourth-order valence-electron chi connectivity index (χ4n) is 4.51. The SMILES string of the molecule is CCCCCCc1cc2c(=O)c(-c3nc4ccccc4n3C)coc2cc1OC(=O)c1ccccc1. The number of esters is 1. The first-order valence-corrected chi connectivity index (χ1v) is 12.3. The molecule has 0 unspecified atom stereocenters. The number of hydrogen-bond acceptors (Lipinski definition) is 5. The van der Waals surface area contributed by atoms with E-state index in [9.17, 15) is 9.59 Å². The van der Waals surface area contributed by atoms with Gasteiger partial charge in [0.15, 0.2) is 0 Å². The summed E-state index contributed by atoms with van der Waals surface area (Å²) in [6, 6.07) is 20.1. The van der Waals surface area contributed by atoms with E-state index in [0.717, 1.165) is 42.3 Å². The average molecular weight is 481 g/mol. The average Bonchev–Trinajstić information content (AvgIpc) is 3.24. The van der Waals surface area contributed by atoms with Crippen molar-refractivity contribution in [1.29, 1.82) is 0 Å². The molecule has 6 heteroatoms. The highest BCUT2D eigenvalue weighted by Gasteiger charge is 2.19. The van der Waals surface area contributed by atoms with Gasteiger partial charge < -0.3 is 13.7 Å². The number of imidazole rings is 1. The van der Waals surface area contributed by atoms with Crippen LogP contribution in [-0.2, 0) is 13.5 Å². The quantitative estimate of drug-likeness (QED) is 0.141. The Kier molecular flexibility index (Phi) is 6.67. The molecule has 0 bridgehead atoms. The number of benzene rings is 3. The molecule has 0 fully saturated rings. The lowest BCUT2D eigenvalue weighted by Gasteiger charge is -2.12. The maximum absolute atomic E-state index is 13.6. The first-order valence-electron chi connectivity index (χ1n) is 12.3. The molecule has 0 saturated heterocycles. The van der Waals surface area contributed by atoms with Crippen molar-refractivity contribution in [3.63, 3.8) is 0 Å². The molecule has 5 aromatic rings. The summed E-state index contributed by atoms with van der Waals surface area (Å²) in [5.74, 6) is 0.533. The molecule has 3 aromatic carbocycles. The Morgan fingerprint density at radius 3 is 2.56 bits per heavy atom. The van der Waals surface area contributed by atoms with E-state index in [-0.39, 0.29) is 5.43 Å². The van der Waals surface area contributed by atoms with E-state index in [1.807, 2.05) is 48.0 Å². The first kappa shape index (κ1) is 23.5. The van der Waals surface area contributed by atoms with Gasteiger partial charge in [0.1, 0.15) is 29.0 Å². The van der Waals surface area contributed by atoms with Crippen LogP contribution in [0.2, 0.25) is 0 Å². The molecule has 2 aromatic heterocycles.